The number of aryl methyl sites for hydroxylation is 1. The van der Waals surface area contributed by atoms with Crippen molar-refractivity contribution in [1.82, 2.24) is 20.1 Å². The molecule has 0 saturated heterocycles. The Bertz CT molecular complexity index is 438. The molecular formula is C13H20N4O. The van der Waals surface area contributed by atoms with E-state index in [1.807, 2.05) is 6.92 Å². The quantitative estimate of drug-likeness (QED) is 0.826. The fraction of sp³-hybridized carbons (Fsp3) is 0.615. The van der Waals surface area contributed by atoms with Crippen LogP contribution in [0.3, 0.4) is 0 Å². The van der Waals surface area contributed by atoms with Crippen LogP contribution in [0.1, 0.15) is 50.3 Å². The van der Waals surface area contributed by atoms with Crippen LogP contribution in [0.4, 0.5) is 0 Å². The fourth-order valence-electron chi connectivity index (χ4n) is 2.35. The Kier molecular flexibility index (Phi) is 4.12. The summed E-state index contributed by atoms with van der Waals surface area (Å²) in [5.74, 6) is 1.77. The van der Waals surface area contributed by atoms with Gasteiger partial charge in [0.15, 0.2) is 5.82 Å². The van der Waals surface area contributed by atoms with Crippen molar-refractivity contribution in [2.75, 3.05) is 0 Å². The summed E-state index contributed by atoms with van der Waals surface area (Å²) in [5.41, 5.74) is 0. The molecule has 98 valence electrons. The number of fused-ring (bicyclic) bond motifs is 1. The molecule has 1 aromatic rings. The summed E-state index contributed by atoms with van der Waals surface area (Å²) in [7, 11) is 0. The van der Waals surface area contributed by atoms with E-state index in [2.05, 4.69) is 26.7 Å². The normalized spacial score (nSPS) is 16.5. The van der Waals surface area contributed by atoms with Gasteiger partial charge in [0.1, 0.15) is 5.82 Å². The third-order valence-corrected chi connectivity index (χ3v) is 3.36. The van der Waals surface area contributed by atoms with Crippen LogP contribution in [0.5, 0.6) is 0 Å². The summed E-state index contributed by atoms with van der Waals surface area (Å²) < 4.78 is 2.17. The van der Waals surface area contributed by atoms with E-state index in [1.165, 1.54) is 18.9 Å². The lowest BCUT2D eigenvalue weighted by atomic mass is 10.2. The first kappa shape index (κ1) is 12.8. The van der Waals surface area contributed by atoms with Gasteiger partial charge < -0.3 is 9.88 Å². The van der Waals surface area contributed by atoms with Gasteiger partial charge >= 0.3 is 0 Å². The Morgan fingerprint density at radius 1 is 1.50 bits per heavy atom. The van der Waals surface area contributed by atoms with E-state index >= 15 is 0 Å². The number of rotatable bonds is 4. The summed E-state index contributed by atoms with van der Waals surface area (Å²) in [4.78, 5) is 11.4. The second-order valence-corrected chi connectivity index (χ2v) is 4.61. The first-order valence-corrected chi connectivity index (χ1v) is 6.61. The number of amides is 1. The van der Waals surface area contributed by atoms with E-state index in [0.29, 0.717) is 0 Å². The average Bonchev–Trinajstić information content (AvgIpc) is 2.64. The van der Waals surface area contributed by atoms with Gasteiger partial charge in [0.2, 0.25) is 5.91 Å². The van der Waals surface area contributed by atoms with Gasteiger partial charge in [0.05, 0.1) is 6.04 Å². The van der Waals surface area contributed by atoms with Crippen molar-refractivity contribution in [3.8, 4) is 0 Å². The number of aromatic nitrogens is 3. The Hall–Kier alpha value is -1.65. The lowest BCUT2D eigenvalue weighted by Gasteiger charge is -2.16. The minimum atomic E-state index is -0.159. The topological polar surface area (TPSA) is 59.8 Å². The molecule has 1 aromatic heterocycles. The molecule has 5 heteroatoms. The number of hydrogen-bond acceptors (Lipinski definition) is 3. The van der Waals surface area contributed by atoms with Gasteiger partial charge in [-0.15, -0.1) is 10.2 Å². The van der Waals surface area contributed by atoms with E-state index in [1.54, 1.807) is 0 Å². The Labute approximate surface area is 107 Å². The van der Waals surface area contributed by atoms with Crippen LogP contribution in [-0.4, -0.2) is 20.7 Å². The number of carbonyl (C=O) groups excluding carboxylic acids is 1. The van der Waals surface area contributed by atoms with Crippen LogP contribution >= 0.6 is 0 Å². The van der Waals surface area contributed by atoms with Crippen LogP contribution in [0.25, 0.3) is 0 Å². The zero-order valence-corrected chi connectivity index (χ0v) is 10.9. The number of hydrogen-bond donors (Lipinski definition) is 1. The maximum absolute atomic E-state index is 11.4. The van der Waals surface area contributed by atoms with Crippen molar-refractivity contribution in [3.63, 3.8) is 0 Å². The van der Waals surface area contributed by atoms with Crippen molar-refractivity contribution in [2.24, 2.45) is 0 Å². The van der Waals surface area contributed by atoms with Crippen LogP contribution in [-0.2, 0) is 17.8 Å². The molecule has 0 bridgehead atoms. The van der Waals surface area contributed by atoms with Gasteiger partial charge in [0, 0.05) is 13.0 Å². The first-order chi connectivity index (χ1) is 8.76. The van der Waals surface area contributed by atoms with Gasteiger partial charge in [0.25, 0.3) is 0 Å². The Morgan fingerprint density at radius 3 is 3.06 bits per heavy atom. The highest BCUT2D eigenvalue weighted by atomic mass is 16.1. The molecule has 1 aliphatic heterocycles. The molecule has 1 atom stereocenters. The summed E-state index contributed by atoms with van der Waals surface area (Å²) in [5, 5.41) is 11.4. The van der Waals surface area contributed by atoms with Gasteiger partial charge in [-0.25, -0.2) is 0 Å². The maximum atomic E-state index is 11.4. The molecule has 0 saturated carbocycles. The average molecular weight is 248 g/mol. The van der Waals surface area contributed by atoms with E-state index in [-0.39, 0.29) is 11.9 Å². The molecule has 0 spiro atoms. The summed E-state index contributed by atoms with van der Waals surface area (Å²) in [6.45, 7) is 6.47. The number of nitrogens with zero attached hydrogens (tertiary/aromatic N) is 3. The molecule has 5 nitrogen and oxygen atoms in total. The minimum Gasteiger partial charge on any atom is -0.343 e. The highest BCUT2D eigenvalue weighted by Crippen LogP contribution is 2.20. The molecule has 0 aliphatic carbocycles. The largest absolute Gasteiger partial charge is 0.343 e. The lowest BCUT2D eigenvalue weighted by molar-refractivity contribution is -0.117. The van der Waals surface area contributed by atoms with Crippen molar-refractivity contribution in [1.29, 1.82) is 0 Å². The van der Waals surface area contributed by atoms with Crippen molar-refractivity contribution >= 4 is 5.91 Å². The number of carbonyl (C=O) groups is 1. The van der Waals surface area contributed by atoms with Gasteiger partial charge in [-0.05, 0) is 25.3 Å². The monoisotopic (exact) mass is 248 g/mol. The van der Waals surface area contributed by atoms with Gasteiger partial charge in [-0.2, -0.15) is 0 Å². The molecule has 18 heavy (non-hydrogen) atoms. The molecule has 0 aromatic carbocycles. The smallest absolute Gasteiger partial charge is 0.243 e. The van der Waals surface area contributed by atoms with Gasteiger partial charge in [-0.1, -0.05) is 19.9 Å². The minimum absolute atomic E-state index is 0.0742. The van der Waals surface area contributed by atoms with Crippen LogP contribution in [0, 0.1) is 0 Å². The van der Waals surface area contributed by atoms with E-state index in [4.69, 9.17) is 0 Å². The maximum Gasteiger partial charge on any atom is 0.243 e. The molecule has 1 aliphatic rings. The summed E-state index contributed by atoms with van der Waals surface area (Å²) in [6.07, 6.45) is 6.65. The first-order valence-electron chi connectivity index (χ1n) is 6.61. The zero-order chi connectivity index (χ0) is 13.0. The lowest BCUT2D eigenvalue weighted by Crippen LogP contribution is -2.28. The highest BCUT2D eigenvalue weighted by Gasteiger charge is 2.21. The van der Waals surface area contributed by atoms with Crippen LogP contribution < -0.4 is 5.32 Å². The van der Waals surface area contributed by atoms with E-state index < -0.39 is 0 Å². The van der Waals surface area contributed by atoms with Crippen molar-refractivity contribution < 1.29 is 4.79 Å². The SMILES string of the molecule is C=CC(=O)NC(CC)c1nnc2n1CCCCC2. The summed E-state index contributed by atoms with van der Waals surface area (Å²) in [6, 6.07) is -0.0742. The molecular weight excluding hydrogens is 228 g/mol. The van der Waals surface area contributed by atoms with Crippen LogP contribution in [0.15, 0.2) is 12.7 Å². The van der Waals surface area contributed by atoms with Crippen molar-refractivity contribution in [3.05, 3.63) is 24.3 Å². The van der Waals surface area contributed by atoms with Crippen LogP contribution in [0.2, 0.25) is 0 Å². The zero-order valence-electron chi connectivity index (χ0n) is 10.9. The molecule has 1 unspecified atom stereocenters. The molecule has 0 fully saturated rings. The Balaban J connectivity index is 2.22. The molecule has 0 radical (unpaired) electrons. The van der Waals surface area contributed by atoms with E-state index in [9.17, 15) is 4.79 Å². The standard InChI is InChI=1S/C13H20N4O/c1-3-10(14-12(18)4-2)13-16-15-11-8-6-5-7-9-17(11)13/h4,10H,2-3,5-9H2,1H3,(H,14,18). The fourth-order valence-corrected chi connectivity index (χ4v) is 2.35. The van der Waals surface area contributed by atoms with Gasteiger partial charge in [-0.3, -0.25) is 4.79 Å². The molecule has 2 rings (SSSR count). The third-order valence-electron chi connectivity index (χ3n) is 3.36. The molecule has 1 amide bonds. The second kappa shape index (κ2) is 5.80. The molecule has 2 heterocycles. The second-order valence-electron chi connectivity index (χ2n) is 4.61. The summed E-state index contributed by atoms with van der Waals surface area (Å²) >= 11 is 0. The van der Waals surface area contributed by atoms with E-state index in [0.717, 1.165) is 37.5 Å². The van der Waals surface area contributed by atoms with Crippen molar-refractivity contribution in [2.45, 2.75) is 51.6 Å². The molecule has 1 N–H and O–H groups in total. The predicted molar refractivity (Wildman–Crippen MR) is 68.9 cm³/mol. The third kappa shape index (κ3) is 2.60. The predicted octanol–water partition coefficient (Wildman–Crippen LogP) is 1.76. The highest BCUT2D eigenvalue weighted by molar-refractivity contribution is 5.87. The number of nitrogens with one attached hydrogen (secondary N) is 1. The Morgan fingerprint density at radius 2 is 2.33 bits per heavy atom.